The number of rotatable bonds is 4. The molecule has 1 aliphatic heterocycles. The molecule has 2 aromatic rings. The summed E-state index contributed by atoms with van der Waals surface area (Å²) < 4.78 is 6.30. The molecule has 0 aliphatic carbocycles. The van der Waals surface area contributed by atoms with E-state index in [1.165, 1.54) is 24.0 Å². The Balaban J connectivity index is 2.06. The number of nitrogens with zero attached hydrogens (tertiary/aromatic N) is 2. The molecule has 2 aromatic carbocycles. The Hall–Kier alpha value is -2.07. The molecule has 0 bridgehead atoms. The van der Waals surface area contributed by atoms with Gasteiger partial charge in [-0.3, -0.25) is 0 Å². The van der Waals surface area contributed by atoms with Gasteiger partial charge in [-0.2, -0.15) is 0 Å². The van der Waals surface area contributed by atoms with Crippen LogP contribution in [0, 0.1) is 6.92 Å². The molecule has 1 heterocycles. The van der Waals surface area contributed by atoms with Gasteiger partial charge < -0.3 is 9.33 Å². The smallest absolute Gasteiger partial charge is 0.242 e. The van der Waals surface area contributed by atoms with Crippen molar-refractivity contribution in [3.63, 3.8) is 0 Å². The first-order valence-corrected chi connectivity index (χ1v) is 12.5. The largest absolute Gasteiger partial charge is 0.543 e. The van der Waals surface area contributed by atoms with E-state index >= 15 is 0 Å². The number of amidine groups is 1. The van der Waals surface area contributed by atoms with Crippen molar-refractivity contribution in [1.82, 2.24) is 4.90 Å². The van der Waals surface area contributed by atoms with Gasteiger partial charge in [0.2, 0.25) is 8.32 Å². The topological polar surface area (TPSA) is 24.8 Å². The van der Waals surface area contributed by atoms with Gasteiger partial charge in [-0.15, -0.1) is 0 Å². The molecule has 0 unspecified atom stereocenters. The Morgan fingerprint density at radius 3 is 2.32 bits per heavy atom. The fraction of sp³-hybridized carbons (Fsp3) is 0.381. The van der Waals surface area contributed by atoms with Crippen molar-refractivity contribution in [2.45, 2.75) is 39.4 Å². The van der Waals surface area contributed by atoms with Crippen LogP contribution >= 0.6 is 0 Å². The third-order valence-corrected chi connectivity index (χ3v) is 5.03. The molecular formula is C21H28N2OSi. The molecule has 132 valence electrons. The molecule has 25 heavy (non-hydrogen) atoms. The number of likely N-dealkylation sites (tertiary alicyclic amines) is 1. The van der Waals surface area contributed by atoms with E-state index in [2.05, 4.69) is 80.0 Å². The molecule has 1 saturated heterocycles. The third-order valence-electron chi connectivity index (χ3n) is 4.19. The molecule has 3 rings (SSSR count). The SMILES string of the molecule is Cc1ccc(O[Si](C)(C)C)c(N=C(c2ccccc2)N2CCCC2)c1. The Bertz CT molecular complexity index is 744. The molecule has 0 N–H and O–H groups in total. The van der Waals surface area contributed by atoms with Crippen LogP contribution in [0.3, 0.4) is 0 Å². The van der Waals surface area contributed by atoms with Crippen LogP contribution in [0.25, 0.3) is 0 Å². The summed E-state index contributed by atoms with van der Waals surface area (Å²) in [6.45, 7) is 10.9. The van der Waals surface area contributed by atoms with E-state index in [9.17, 15) is 0 Å². The van der Waals surface area contributed by atoms with Crippen LogP contribution in [0.5, 0.6) is 5.75 Å². The normalized spacial score (nSPS) is 15.5. The molecule has 0 saturated carbocycles. The number of hydrogen-bond donors (Lipinski definition) is 0. The highest BCUT2D eigenvalue weighted by Crippen LogP contribution is 2.32. The molecule has 1 aliphatic rings. The molecule has 0 amide bonds. The van der Waals surface area contributed by atoms with Gasteiger partial charge >= 0.3 is 0 Å². The zero-order valence-corrected chi connectivity index (χ0v) is 16.7. The minimum absolute atomic E-state index is 0.900. The van der Waals surface area contributed by atoms with Gasteiger partial charge in [0.05, 0.1) is 0 Å². The Kier molecular flexibility index (Phi) is 5.28. The predicted octanol–water partition coefficient (Wildman–Crippen LogP) is 5.38. The second-order valence-corrected chi connectivity index (χ2v) is 12.1. The monoisotopic (exact) mass is 352 g/mol. The zero-order chi connectivity index (χ0) is 17.9. The van der Waals surface area contributed by atoms with Gasteiger partial charge in [0, 0.05) is 18.7 Å². The molecule has 0 atom stereocenters. The van der Waals surface area contributed by atoms with E-state index < -0.39 is 8.32 Å². The van der Waals surface area contributed by atoms with Crippen LogP contribution in [0.15, 0.2) is 53.5 Å². The lowest BCUT2D eigenvalue weighted by atomic mass is 10.1. The van der Waals surface area contributed by atoms with E-state index in [0.29, 0.717) is 0 Å². The molecule has 3 nitrogen and oxygen atoms in total. The van der Waals surface area contributed by atoms with E-state index in [1.807, 2.05) is 0 Å². The molecule has 0 radical (unpaired) electrons. The maximum Gasteiger partial charge on any atom is 0.242 e. The average Bonchev–Trinajstić information content (AvgIpc) is 3.09. The lowest BCUT2D eigenvalue weighted by Gasteiger charge is -2.23. The summed E-state index contributed by atoms with van der Waals surface area (Å²) in [5.41, 5.74) is 3.31. The highest BCUT2D eigenvalue weighted by atomic mass is 28.4. The van der Waals surface area contributed by atoms with Gasteiger partial charge in [-0.25, -0.2) is 4.99 Å². The van der Waals surface area contributed by atoms with Crippen LogP contribution in [-0.2, 0) is 0 Å². The van der Waals surface area contributed by atoms with Crippen molar-refractivity contribution >= 4 is 19.8 Å². The molecule has 0 aromatic heterocycles. The van der Waals surface area contributed by atoms with Gasteiger partial charge in [0.15, 0.2) is 0 Å². The van der Waals surface area contributed by atoms with Crippen molar-refractivity contribution in [2.75, 3.05) is 13.1 Å². The molecule has 4 heteroatoms. The number of aliphatic imine (C=N–C) groups is 1. The lowest BCUT2D eigenvalue weighted by Crippen LogP contribution is -2.30. The van der Waals surface area contributed by atoms with Crippen molar-refractivity contribution < 1.29 is 4.43 Å². The first kappa shape index (κ1) is 17.7. The minimum atomic E-state index is -1.69. The fourth-order valence-electron chi connectivity index (χ4n) is 3.08. The summed E-state index contributed by atoms with van der Waals surface area (Å²) in [4.78, 5) is 7.49. The van der Waals surface area contributed by atoms with Gasteiger partial charge in [0.25, 0.3) is 0 Å². The van der Waals surface area contributed by atoms with Gasteiger partial charge in [0.1, 0.15) is 17.3 Å². The molecular weight excluding hydrogens is 324 g/mol. The van der Waals surface area contributed by atoms with Gasteiger partial charge in [-0.1, -0.05) is 36.4 Å². The van der Waals surface area contributed by atoms with E-state index in [-0.39, 0.29) is 0 Å². The molecule has 1 fully saturated rings. The van der Waals surface area contributed by atoms with E-state index in [1.54, 1.807) is 0 Å². The highest BCUT2D eigenvalue weighted by Gasteiger charge is 2.21. The van der Waals surface area contributed by atoms with Crippen LogP contribution in [-0.4, -0.2) is 32.1 Å². The fourth-order valence-corrected chi connectivity index (χ4v) is 3.91. The quantitative estimate of drug-likeness (QED) is 0.419. The maximum absolute atomic E-state index is 6.30. The summed E-state index contributed by atoms with van der Waals surface area (Å²) in [6, 6.07) is 16.8. The molecule has 0 spiro atoms. The van der Waals surface area contributed by atoms with Crippen molar-refractivity contribution in [3.05, 3.63) is 59.7 Å². The summed E-state index contributed by atoms with van der Waals surface area (Å²) >= 11 is 0. The number of benzene rings is 2. The first-order valence-electron chi connectivity index (χ1n) is 9.11. The summed E-state index contributed by atoms with van der Waals surface area (Å²) in [5, 5.41) is 0. The maximum atomic E-state index is 6.30. The Labute approximate surface area is 152 Å². The van der Waals surface area contributed by atoms with Crippen molar-refractivity contribution in [2.24, 2.45) is 4.99 Å². The predicted molar refractivity (Wildman–Crippen MR) is 109 cm³/mol. The number of aryl methyl sites for hydroxylation is 1. The standard InChI is InChI=1S/C21H28N2OSi/c1-17-12-13-20(24-25(2,3)4)19(16-17)22-21(23-14-8-9-15-23)18-10-6-5-7-11-18/h5-7,10-13,16H,8-9,14-15H2,1-4H3. The van der Waals surface area contributed by atoms with Crippen LogP contribution in [0.2, 0.25) is 19.6 Å². The Morgan fingerprint density at radius 2 is 1.68 bits per heavy atom. The summed E-state index contributed by atoms with van der Waals surface area (Å²) in [5.74, 6) is 1.96. The average molecular weight is 353 g/mol. The summed E-state index contributed by atoms with van der Waals surface area (Å²) in [7, 11) is -1.69. The second-order valence-electron chi connectivity index (χ2n) is 7.68. The van der Waals surface area contributed by atoms with Gasteiger partial charge in [-0.05, 0) is 57.1 Å². The van der Waals surface area contributed by atoms with Crippen molar-refractivity contribution in [1.29, 1.82) is 0 Å². The van der Waals surface area contributed by atoms with Crippen LogP contribution in [0.4, 0.5) is 5.69 Å². The third kappa shape index (κ3) is 4.72. The highest BCUT2D eigenvalue weighted by molar-refractivity contribution is 6.70. The second kappa shape index (κ2) is 7.44. The van der Waals surface area contributed by atoms with Crippen LogP contribution in [0.1, 0.15) is 24.0 Å². The zero-order valence-electron chi connectivity index (χ0n) is 15.7. The van der Waals surface area contributed by atoms with E-state index in [4.69, 9.17) is 9.42 Å². The van der Waals surface area contributed by atoms with Crippen LogP contribution < -0.4 is 4.43 Å². The van der Waals surface area contributed by atoms with E-state index in [0.717, 1.165) is 30.4 Å². The number of hydrogen-bond acceptors (Lipinski definition) is 2. The minimum Gasteiger partial charge on any atom is -0.543 e. The summed E-state index contributed by atoms with van der Waals surface area (Å²) in [6.07, 6.45) is 2.47. The van der Waals surface area contributed by atoms with Crippen molar-refractivity contribution in [3.8, 4) is 5.75 Å². The first-order chi connectivity index (χ1) is 11.9. The lowest BCUT2D eigenvalue weighted by molar-refractivity contribution is 0.519. The Morgan fingerprint density at radius 1 is 1.00 bits per heavy atom.